The van der Waals surface area contributed by atoms with Crippen molar-refractivity contribution in [2.45, 2.75) is 50.7 Å². The van der Waals surface area contributed by atoms with Crippen molar-refractivity contribution in [2.24, 2.45) is 4.99 Å². The minimum absolute atomic E-state index is 0.0910. The molecule has 0 bridgehead atoms. The number of carbonyl (C=O) groups excluding carboxylic acids is 2. The van der Waals surface area contributed by atoms with Crippen molar-refractivity contribution in [1.82, 2.24) is 10.6 Å². The van der Waals surface area contributed by atoms with Gasteiger partial charge in [-0.1, -0.05) is 56.0 Å². The van der Waals surface area contributed by atoms with E-state index < -0.39 is 18.0 Å². The standard InChI is InChI=1S/C24H27FN4O2/c1-29-20-15-9-7-13-18(20)21(17-12-6-8-14-19(17)25)27-22(23(29)30)28-24(31)26-16-10-4-2-3-5-11-16/h6-9,12-16,22H,2-5,10-11H2,1H3,(H2,26,28,31). The van der Waals surface area contributed by atoms with Crippen molar-refractivity contribution in [1.29, 1.82) is 0 Å². The summed E-state index contributed by atoms with van der Waals surface area (Å²) in [7, 11) is 1.64. The van der Waals surface area contributed by atoms with Gasteiger partial charge in [-0.25, -0.2) is 14.2 Å². The molecular formula is C24H27FN4O2. The Hall–Kier alpha value is -3.22. The number of halogens is 1. The smallest absolute Gasteiger partial charge is 0.317 e. The molecule has 7 heteroatoms. The average molecular weight is 423 g/mol. The van der Waals surface area contributed by atoms with Crippen molar-refractivity contribution >= 4 is 23.3 Å². The van der Waals surface area contributed by atoms with Crippen LogP contribution in [0.2, 0.25) is 0 Å². The maximum Gasteiger partial charge on any atom is 0.317 e. The Morgan fingerprint density at radius 2 is 1.61 bits per heavy atom. The Bertz CT molecular complexity index is 999. The Morgan fingerprint density at radius 1 is 0.968 bits per heavy atom. The minimum Gasteiger partial charge on any atom is -0.335 e. The summed E-state index contributed by atoms with van der Waals surface area (Å²) in [5, 5.41) is 5.69. The number of benzene rings is 2. The Labute approximate surface area is 181 Å². The number of carbonyl (C=O) groups is 2. The van der Waals surface area contributed by atoms with Gasteiger partial charge in [-0.15, -0.1) is 0 Å². The quantitative estimate of drug-likeness (QED) is 0.734. The molecule has 2 aromatic carbocycles. The highest BCUT2D eigenvalue weighted by atomic mass is 19.1. The van der Waals surface area contributed by atoms with Crippen molar-refractivity contribution in [3.63, 3.8) is 0 Å². The second-order valence-corrected chi connectivity index (χ2v) is 8.08. The molecule has 1 atom stereocenters. The molecule has 6 nitrogen and oxygen atoms in total. The largest absolute Gasteiger partial charge is 0.335 e. The van der Waals surface area contributed by atoms with Crippen molar-refractivity contribution in [3.05, 3.63) is 65.5 Å². The molecule has 1 fully saturated rings. The topological polar surface area (TPSA) is 73.8 Å². The Morgan fingerprint density at radius 3 is 2.32 bits per heavy atom. The molecular weight excluding hydrogens is 395 g/mol. The summed E-state index contributed by atoms with van der Waals surface area (Å²) in [6.07, 6.45) is 5.24. The van der Waals surface area contributed by atoms with E-state index in [-0.39, 0.29) is 17.5 Å². The van der Waals surface area contributed by atoms with Crippen molar-refractivity contribution in [2.75, 3.05) is 11.9 Å². The third-order valence-corrected chi connectivity index (χ3v) is 5.93. The van der Waals surface area contributed by atoms with Crippen LogP contribution in [0.5, 0.6) is 0 Å². The lowest BCUT2D eigenvalue weighted by atomic mass is 10.00. The number of anilines is 1. The Kier molecular flexibility index (Phi) is 6.30. The highest BCUT2D eigenvalue weighted by Gasteiger charge is 2.32. The lowest BCUT2D eigenvalue weighted by Gasteiger charge is -2.22. The van der Waals surface area contributed by atoms with Crippen molar-refractivity contribution in [3.8, 4) is 0 Å². The summed E-state index contributed by atoms with van der Waals surface area (Å²) in [5.74, 6) is -0.815. The van der Waals surface area contributed by atoms with Gasteiger partial charge in [-0.3, -0.25) is 4.79 Å². The molecule has 2 N–H and O–H groups in total. The van der Waals surface area contributed by atoms with Crippen LogP contribution in [0.15, 0.2) is 53.5 Å². The van der Waals surface area contributed by atoms with Gasteiger partial charge in [0.25, 0.3) is 5.91 Å². The van der Waals surface area contributed by atoms with Gasteiger partial charge < -0.3 is 15.5 Å². The molecule has 1 saturated carbocycles. The van der Waals surface area contributed by atoms with Gasteiger partial charge in [0.2, 0.25) is 6.17 Å². The van der Waals surface area contributed by atoms with Gasteiger partial charge in [0, 0.05) is 24.2 Å². The van der Waals surface area contributed by atoms with Crippen LogP contribution >= 0.6 is 0 Å². The molecule has 0 radical (unpaired) electrons. The molecule has 2 aromatic rings. The maximum atomic E-state index is 14.7. The number of hydrogen-bond acceptors (Lipinski definition) is 3. The summed E-state index contributed by atoms with van der Waals surface area (Å²) < 4.78 is 14.7. The molecule has 2 aliphatic rings. The van der Waals surface area contributed by atoms with Crippen LogP contribution in [0, 0.1) is 5.82 Å². The van der Waals surface area contributed by atoms with Gasteiger partial charge >= 0.3 is 6.03 Å². The van der Waals surface area contributed by atoms with Gasteiger partial charge in [0.15, 0.2) is 0 Å². The lowest BCUT2D eigenvalue weighted by Crippen LogP contribution is -2.51. The number of urea groups is 1. The number of amides is 3. The summed E-state index contributed by atoms with van der Waals surface area (Å²) in [5.41, 5.74) is 1.88. The second kappa shape index (κ2) is 9.29. The van der Waals surface area contributed by atoms with E-state index in [1.54, 1.807) is 37.4 Å². The highest BCUT2D eigenvalue weighted by molar-refractivity contribution is 6.20. The maximum absolute atomic E-state index is 14.7. The van der Waals surface area contributed by atoms with Crippen LogP contribution in [-0.2, 0) is 4.79 Å². The molecule has 1 unspecified atom stereocenters. The van der Waals surface area contributed by atoms with E-state index >= 15 is 0 Å². The molecule has 1 aliphatic heterocycles. The number of fused-ring (bicyclic) bond motifs is 1. The normalized spacial score (nSPS) is 19.7. The fourth-order valence-electron chi connectivity index (χ4n) is 4.26. The van der Waals surface area contributed by atoms with Gasteiger partial charge in [0.1, 0.15) is 5.82 Å². The number of benzodiazepines with no additional fused rings is 1. The number of rotatable bonds is 3. The first-order chi connectivity index (χ1) is 15.0. The summed E-state index contributed by atoms with van der Waals surface area (Å²) in [6.45, 7) is 0. The molecule has 162 valence electrons. The third-order valence-electron chi connectivity index (χ3n) is 5.93. The number of para-hydroxylation sites is 1. The van der Waals surface area contributed by atoms with Gasteiger partial charge in [-0.2, -0.15) is 0 Å². The van der Waals surface area contributed by atoms with Crippen LogP contribution < -0.4 is 15.5 Å². The number of hydrogen-bond donors (Lipinski definition) is 2. The highest BCUT2D eigenvalue weighted by Crippen LogP contribution is 2.28. The fourth-order valence-corrected chi connectivity index (χ4v) is 4.26. The minimum atomic E-state index is -1.15. The van der Waals surface area contributed by atoms with Crippen molar-refractivity contribution < 1.29 is 14.0 Å². The number of nitrogens with one attached hydrogen (secondary N) is 2. The van der Waals surface area contributed by atoms with E-state index in [0.717, 1.165) is 25.7 Å². The Balaban J connectivity index is 1.66. The molecule has 31 heavy (non-hydrogen) atoms. The van der Waals surface area contributed by atoms with E-state index in [1.165, 1.54) is 23.8 Å². The summed E-state index contributed by atoms with van der Waals surface area (Å²) in [4.78, 5) is 31.8. The zero-order valence-electron chi connectivity index (χ0n) is 17.6. The summed E-state index contributed by atoms with van der Waals surface area (Å²) in [6, 6.07) is 13.2. The fraction of sp³-hybridized carbons (Fsp3) is 0.375. The first kappa shape index (κ1) is 21.0. The first-order valence-corrected chi connectivity index (χ1v) is 10.8. The molecule has 1 aliphatic carbocycles. The predicted octanol–water partition coefficient (Wildman–Crippen LogP) is 3.99. The summed E-state index contributed by atoms with van der Waals surface area (Å²) >= 11 is 0. The van der Waals surface area contributed by atoms with E-state index in [4.69, 9.17) is 0 Å². The van der Waals surface area contributed by atoms with Crippen LogP contribution in [-0.4, -0.2) is 36.9 Å². The molecule has 4 rings (SSSR count). The van der Waals surface area contributed by atoms with Crippen LogP contribution in [0.25, 0.3) is 0 Å². The molecule has 1 heterocycles. The predicted molar refractivity (Wildman–Crippen MR) is 119 cm³/mol. The SMILES string of the molecule is CN1C(=O)C(NC(=O)NC2CCCCCC2)N=C(c2ccccc2F)c2ccccc21. The lowest BCUT2D eigenvalue weighted by molar-refractivity contribution is -0.119. The molecule has 0 saturated heterocycles. The second-order valence-electron chi connectivity index (χ2n) is 8.08. The van der Waals surface area contributed by atoms with Gasteiger partial charge in [0.05, 0.1) is 11.4 Å². The van der Waals surface area contributed by atoms with Crippen LogP contribution in [0.4, 0.5) is 14.9 Å². The molecule has 0 aromatic heterocycles. The zero-order chi connectivity index (χ0) is 21.8. The van der Waals surface area contributed by atoms with E-state index in [1.807, 2.05) is 12.1 Å². The van der Waals surface area contributed by atoms with E-state index in [2.05, 4.69) is 15.6 Å². The van der Waals surface area contributed by atoms with E-state index in [9.17, 15) is 14.0 Å². The number of nitrogens with zero attached hydrogens (tertiary/aromatic N) is 2. The van der Waals surface area contributed by atoms with Gasteiger partial charge in [-0.05, 0) is 31.0 Å². The van der Waals surface area contributed by atoms with E-state index in [0.29, 0.717) is 17.0 Å². The molecule has 0 spiro atoms. The van der Waals surface area contributed by atoms with Crippen LogP contribution in [0.3, 0.4) is 0 Å². The monoisotopic (exact) mass is 422 g/mol. The number of aliphatic imine (C=N–C) groups is 1. The zero-order valence-corrected chi connectivity index (χ0v) is 17.6. The molecule has 3 amide bonds. The number of likely N-dealkylation sites (N-methyl/N-ethyl adjacent to an activating group) is 1. The average Bonchev–Trinajstić information content (AvgIpc) is 3.09. The third kappa shape index (κ3) is 4.60. The first-order valence-electron chi connectivity index (χ1n) is 10.8. The van der Waals surface area contributed by atoms with Crippen LogP contribution in [0.1, 0.15) is 49.7 Å².